The molecule has 0 spiro atoms. The second-order valence-corrected chi connectivity index (χ2v) is 5.01. The lowest BCUT2D eigenvalue weighted by molar-refractivity contribution is 0.405. The molecule has 0 radical (unpaired) electrons. The van der Waals surface area contributed by atoms with E-state index in [0.717, 1.165) is 25.9 Å². The minimum absolute atomic E-state index is 0.139. The van der Waals surface area contributed by atoms with E-state index in [-0.39, 0.29) is 17.5 Å². The highest BCUT2D eigenvalue weighted by atomic mass is 16.3. The van der Waals surface area contributed by atoms with E-state index in [0.29, 0.717) is 17.3 Å². The molecule has 1 saturated heterocycles. The molecule has 0 bridgehead atoms. The van der Waals surface area contributed by atoms with Crippen LogP contribution in [0.2, 0.25) is 0 Å². The molecule has 3 rings (SSSR count). The van der Waals surface area contributed by atoms with Gasteiger partial charge in [0, 0.05) is 19.1 Å². The lowest BCUT2D eigenvalue weighted by atomic mass is 10.1. The van der Waals surface area contributed by atoms with Crippen LogP contribution in [-0.4, -0.2) is 44.5 Å². The number of aromatic nitrogens is 3. The Balaban J connectivity index is 1.88. The molecule has 2 heterocycles. The van der Waals surface area contributed by atoms with Gasteiger partial charge in [-0.3, -0.25) is 5.10 Å². The number of rotatable bonds is 2. The second-order valence-electron chi connectivity index (χ2n) is 5.01. The topological polar surface area (TPSA) is 111 Å². The first kappa shape index (κ1) is 12.7. The molecule has 1 aromatic carbocycles. The molecule has 1 aliphatic heterocycles. The van der Waals surface area contributed by atoms with Crippen molar-refractivity contribution < 1.29 is 10.2 Å². The molecule has 0 saturated carbocycles. The average Bonchev–Trinajstić information content (AvgIpc) is 2.91. The first-order chi connectivity index (χ1) is 9.65. The zero-order valence-corrected chi connectivity index (χ0v) is 11.0. The molecule has 20 heavy (non-hydrogen) atoms. The van der Waals surface area contributed by atoms with E-state index in [1.165, 1.54) is 6.07 Å². The first-order valence-corrected chi connectivity index (χ1v) is 6.59. The fourth-order valence-electron chi connectivity index (χ4n) is 2.43. The summed E-state index contributed by atoms with van der Waals surface area (Å²) in [5.74, 6) is 0.608. The van der Waals surface area contributed by atoms with Crippen LogP contribution in [-0.2, 0) is 0 Å². The van der Waals surface area contributed by atoms with Crippen LogP contribution in [0.25, 0.3) is 11.4 Å². The molecule has 5 N–H and O–H groups in total. The third kappa shape index (κ3) is 2.27. The standard InChI is InChI=1S/C13H17N5O2/c14-8-3-2-6-18(7-8)13-15-12(16-17-13)9-4-1-5-10(19)11(9)20/h1,4-5,8,19-20H,2-3,6-7,14H2,(H,15,16,17). The number of hydrogen-bond acceptors (Lipinski definition) is 6. The lowest BCUT2D eigenvalue weighted by Gasteiger charge is -2.29. The van der Waals surface area contributed by atoms with Crippen molar-refractivity contribution in [1.82, 2.24) is 15.2 Å². The Morgan fingerprint density at radius 2 is 2.20 bits per heavy atom. The maximum Gasteiger partial charge on any atom is 0.245 e. The molecule has 1 fully saturated rings. The minimum Gasteiger partial charge on any atom is -0.504 e. The van der Waals surface area contributed by atoms with Gasteiger partial charge in [0.25, 0.3) is 0 Å². The van der Waals surface area contributed by atoms with Gasteiger partial charge < -0.3 is 20.8 Å². The molecule has 1 aliphatic rings. The average molecular weight is 275 g/mol. The molecular weight excluding hydrogens is 258 g/mol. The first-order valence-electron chi connectivity index (χ1n) is 6.59. The zero-order valence-electron chi connectivity index (χ0n) is 11.0. The van der Waals surface area contributed by atoms with Gasteiger partial charge in [-0.2, -0.15) is 4.98 Å². The number of para-hydroxylation sites is 1. The Morgan fingerprint density at radius 1 is 1.35 bits per heavy atom. The summed E-state index contributed by atoms with van der Waals surface area (Å²) in [5, 5.41) is 26.3. The lowest BCUT2D eigenvalue weighted by Crippen LogP contribution is -2.43. The van der Waals surface area contributed by atoms with Crippen LogP contribution in [0.4, 0.5) is 5.95 Å². The second kappa shape index (κ2) is 5.01. The summed E-state index contributed by atoms with van der Waals surface area (Å²) in [6, 6.07) is 4.87. The van der Waals surface area contributed by atoms with Gasteiger partial charge in [-0.05, 0) is 25.0 Å². The van der Waals surface area contributed by atoms with Crippen molar-refractivity contribution in [3.05, 3.63) is 18.2 Å². The molecule has 106 valence electrons. The zero-order chi connectivity index (χ0) is 14.1. The Hall–Kier alpha value is -2.28. The predicted octanol–water partition coefficient (Wildman–Crippen LogP) is 0.810. The number of phenols is 2. The van der Waals surface area contributed by atoms with Crippen LogP contribution in [0.5, 0.6) is 11.5 Å². The molecule has 7 heteroatoms. The van der Waals surface area contributed by atoms with Crippen molar-refractivity contribution in [3.63, 3.8) is 0 Å². The Morgan fingerprint density at radius 3 is 3.00 bits per heavy atom. The molecule has 1 atom stereocenters. The van der Waals surface area contributed by atoms with Crippen molar-refractivity contribution in [2.75, 3.05) is 18.0 Å². The van der Waals surface area contributed by atoms with Crippen molar-refractivity contribution in [2.45, 2.75) is 18.9 Å². The van der Waals surface area contributed by atoms with Gasteiger partial charge in [0.15, 0.2) is 17.3 Å². The van der Waals surface area contributed by atoms with Gasteiger partial charge in [0.2, 0.25) is 5.95 Å². The minimum atomic E-state index is -0.203. The number of anilines is 1. The van der Waals surface area contributed by atoms with E-state index in [4.69, 9.17) is 5.73 Å². The summed E-state index contributed by atoms with van der Waals surface area (Å²) < 4.78 is 0. The van der Waals surface area contributed by atoms with Crippen LogP contribution in [0.15, 0.2) is 18.2 Å². The summed E-state index contributed by atoms with van der Waals surface area (Å²) in [5.41, 5.74) is 6.37. The highest BCUT2D eigenvalue weighted by Gasteiger charge is 2.21. The van der Waals surface area contributed by atoms with Crippen molar-refractivity contribution >= 4 is 5.95 Å². The SMILES string of the molecule is NC1CCCN(c2n[nH]c(-c3cccc(O)c3O)n2)C1. The molecule has 0 amide bonds. The maximum atomic E-state index is 9.84. The largest absolute Gasteiger partial charge is 0.504 e. The van der Waals surface area contributed by atoms with Gasteiger partial charge >= 0.3 is 0 Å². The number of nitrogens with one attached hydrogen (secondary N) is 1. The van der Waals surface area contributed by atoms with E-state index >= 15 is 0 Å². The van der Waals surface area contributed by atoms with Gasteiger partial charge in [0.05, 0.1) is 5.56 Å². The van der Waals surface area contributed by atoms with Crippen molar-refractivity contribution in [1.29, 1.82) is 0 Å². The fourth-order valence-corrected chi connectivity index (χ4v) is 2.43. The quantitative estimate of drug-likeness (QED) is 0.604. The smallest absolute Gasteiger partial charge is 0.245 e. The van der Waals surface area contributed by atoms with Gasteiger partial charge in [-0.15, -0.1) is 5.10 Å². The normalized spacial score (nSPS) is 19.2. The van der Waals surface area contributed by atoms with E-state index in [9.17, 15) is 10.2 Å². The number of aromatic amines is 1. The molecule has 2 aromatic rings. The van der Waals surface area contributed by atoms with E-state index in [1.807, 2.05) is 4.90 Å². The van der Waals surface area contributed by atoms with Gasteiger partial charge in [-0.1, -0.05) is 6.07 Å². The van der Waals surface area contributed by atoms with Gasteiger partial charge in [-0.25, -0.2) is 0 Å². The number of H-pyrrole nitrogens is 1. The summed E-state index contributed by atoms with van der Waals surface area (Å²) in [6.07, 6.45) is 2.03. The van der Waals surface area contributed by atoms with E-state index < -0.39 is 0 Å². The monoisotopic (exact) mass is 275 g/mol. The maximum absolute atomic E-state index is 9.84. The molecule has 1 unspecified atom stereocenters. The van der Waals surface area contributed by atoms with Crippen molar-refractivity contribution in [3.8, 4) is 22.9 Å². The number of benzene rings is 1. The van der Waals surface area contributed by atoms with Crippen LogP contribution in [0.1, 0.15) is 12.8 Å². The number of nitrogens with two attached hydrogens (primary N) is 1. The highest BCUT2D eigenvalue weighted by molar-refractivity contribution is 5.68. The molecule has 7 nitrogen and oxygen atoms in total. The molecular formula is C13H17N5O2. The Bertz CT molecular complexity index is 613. The number of hydrogen-bond donors (Lipinski definition) is 4. The number of aromatic hydroxyl groups is 2. The molecule has 0 aliphatic carbocycles. The van der Waals surface area contributed by atoms with Crippen LogP contribution >= 0.6 is 0 Å². The molecule has 1 aromatic heterocycles. The highest BCUT2D eigenvalue weighted by Crippen LogP contribution is 2.34. The third-order valence-corrected chi connectivity index (χ3v) is 3.48. The number of piperidine rings is 1. The summed E-state index contributed by atoms with van der Waals surface area (Å²) in [4.78, 5) is 6.39. The Kier molecular flexibility index (Phi) is 3.19. The van der Waals surface area contributed by atoms with Crippen LogP contribution in [0, 0.1) is 0 Å². The van der Waals surface area contributed by atoms with Crippen LogP contribution < -0.4 is 10.6 Å². The van der Waals surface area contributed by atoms with E-state index in [2.05, 4.69) is 15.2 Å². The number of phenolic OH excluding ortho intramolecular Hbond substituents is 2. The number of nitrogens with zero attached hydrogens (tertiary/aromatic N) is 3. The van der Waals surface area contributed by atoms with Gasteiger partial charge in [0.1, 0.15) is 0 Å². The fraction of sp³-hybridized carbons (Fsp3) is 0.385. The van der Waals surface area contributed by atoms with Crippen LogP contribution in [0.3, 0.4) is 0 Å². The van der Waals surface area contributed by atoms with Crippen molar-refractivity contribution in [2.24, 2.45) is 5.73 Å². The van der Waals surface area contributed by atoms with E-state index in [1.54, 1.807) is 12.1 Å². The summed E-state index contributed by atoms with van der Waals surface area (Å²) in [6.45, 7) is 1.60. The predicted molar refractivity (Wildman–Crippen MR) is 74.6 cm³/mol. The third-order valence-electron chi connectivity index (χ3n) is 3.48. The Labute approximate surface area is 116 Å². The summed E-state index contributed by atoms with van der Waals surface area (Å²) >= 11 is 0. The summed E-state index contributed by atoms with van der Waals surface area (Å²) in [7, 11) is 0.